The maximum Gasteiger partial charge on any atom is 0.423 e. The minimum absolute atomic E-state index is 0.363. The van der Waals surface area contributed by atoms with Gasteiger partial charge < -0.3 is 9.21 Å². The largest absolute Gasteiger partial charge is 0.423 e. The zero-order valence-corrected chi connectivity index (χ0v) is 11.0. The molecule has 2 aromatic rings. The summed E-state index contributed by atoms with van der Waals surface area (Å²) in [5, 5.41) is 0. The summed E-state index contributed by atoms with van der Waals surface area (Å²) in [7, 11) is 0. The minimum Gasteiger partial charge on any atom is -0.413 e. The number of benzene rings is 1. The van der Waals surface area contributed by atoms with Crippen molar-refractivity contribution < 1.29 is 9.21 Å². The van der Waals surface area contributed by atoms with Gasteiger partial charge in [0.05, 0.1) is 11.9 Å². The average Bonchev–Trinajstić information content (AvgIpc) is 2.79. The Bertz CT molecular complexity index is 593. The number of nitrogens with zero attached hydrogens (tertiary/aromatic N) is 1. The second-order valence-corrected chi connectivity index (χ2v) is 4.46. The molecule has 0 bridgehead atoms. The van der Waals surface area contributed by atoms with Gasteiger partial charge in [-0.3, -0.25) is 0 Å². The smallest absolute Gasteiger partial charge is 0.413 e. The van der Waals surface area contributed by atoms with Crippen LogP contribution in [0.4, 0.5) is 0 Å². The fraction of sp³-hybridized carbons (Fsp3) is 0.333. The molecule has 0 aliphatic heterocycles. The van der Waals surface area contributed by atoms with Crippen LogP contribution >= 0.6 is 0 Å². The van der Waals surface area contributed by atoms with E-state index in [2.05, 4.69) is 6.92 Å². The highest BCUT2D eigenvalue weighted by atomic mass is 16.4. The standard InChI is InChI=1S/C15H17NO3/c1-2-4-12-6-8-13(9-7-12)16-11-14(5-3-10-17)19-15(16)18/h6-11H,2-5H2,1H3. The van der Waals surface area contributed by atoms with Gasteiger partial charge in [-0.05, 0) is 24.1 Å². The van der Waals surface area contributed by atoms with Crippen LogP contribution in [0.25, 0.3) is 5.69 Å². The molecule has 0 radical (unpaired) electrons. The Morgan fingerprint density at radius 3 is 2.58 bits per heavy atom. The zero-order chi connectivity index (χ0) is 13.7. The van der Waals surface area contributed by atoms with E-state index in [1.807, 2.05) is 24.3 Å². The third-order valence-electron chi connectivity index (χ3n) is 2.95. The number of aromatic nitrogens is 1. The highest BCUT2D eigenvalue weighted by Crippen LogP contribution is 2.11. The van der Waals surface area contributed by atoms with Crippen LogP contribution in [0.1, 0.15) is 31.1 Å². The molecule has 1 heterocycles. The third kappa shape index (κ3) is 3.22. The van der Waals surface area contributed by atoms with E-state index in [0.29, 0.717) is 18.6 Å². The number of aryl methyl sites for hydroxylation is 2. The fourth-order valence-corrected chi connectivity index (χ4v) is 1.99. The molecule has 0 N–H and O–H groups in total. The molecule has 2 rings (SSSR count). The Hall–Kier alpha value is -2.10. The van der Waals surface area contributed by atoms with E-state index in [9.17, 15) is 9.59 Å². The quantitative estimate of drug-likeness (QED) is 0.749. The zero-order valence-electron chi connectivity index (χ0n) is 11.0. The number of aldehydes is 1. The molecule has 1 aromatic carbocycles. The maximum absolute atomic E-state index is 11.7. The number of oxazole rings is 1. The van der Waals surface area contributed by atoms with Crippen LogP contribution in [-0.2, 0) is 17.6 Å². The van der Waals surface area contributed by atoms with Crippen molar-refractivity contribution in [3.63, 3.8) is 0 Å². The van der Waals surface area contributed by atoms with Crippen LogP contribution in [0.5, 0.6) is 0 Å². The summed E-state index contributed by atoms with van der Waals surface area (Å²) < 4.78 is 6.57. The van der Waals surface area contributed by atoms with Gasteiger partial charge in [-0.25, -0.2) is 9.36 Å². The number of rotatable bonds is 6. The van der Waals surface area contributed by atoms with Gasteiger partial charge >= 0.3 is 5.76 Å². The number of carbonyl (C=O) groups excluding carboxylic acids is 1. The van der Waals surface area contributed by atoms with Crippen molar-refractivity contribution in [3.05, 3.63) is 52.3 Å². The van der Waals surface area contributed by atoms with E-state index in [1.165, 1.54) is 10.1 Å². The summed E-state index contributed by atoms with van der Waals surface area (Å²) in [5.41, 5.74) is 2.04. The molecule has 0 unspecified atom stereocenters. The summed E-state index contributed by atoms with van der Waals surface area (Å²) in [5.74, 6) is 0.124. The topological polar surface area (TPSA) is 52.2 Å². The van der Waals surface area contributed by atoms with E-state index in [1.54, 1.807) is 6.20 Å². The molecule has 4 nitrogen and oxygen atoms in total. The van der Waals surface area contributed by atoms with Gasteiger partial charge in [0.1, 0.15) is 12.0 Å². The van der Waals surface area contributed by atoms with E-state index in [4.69, 9.17) is 4.42 Å². The second kappa shape index (κ2) is 6.18. The van der Waals surface area contributed by atoms with Crippen LogP contribution < -0.4 is 5.76 Å². The molecule has 0 fully saturated rings. The number of carbonyl (C=O) groups is 1. The normalized spacial score (nSPS) is 10.6. The van der Waals surface area contributed by atoms with Gasteiger partial charge in [0.2, 0.25) is 0 Å². The highest BCUT2D eigenvalue weighted by Gasteiger charge is 2.07. The van der Waals surface area contributed by atoms with Crippen LogP contribution in [-0.4, -0.2) is 10.9 Å². The van der Waals surface area contributed by atoms with Crippen LogP contribution in [0.2, 0.25) is 0 Å². The minimum atomic E-state index is -0.413. The highest BCUT2D eigenvalue weighted by molar-refractivity contribution is 5.49. The van der Waals surface area contributed by atoms with Gasteiger partial charge in [-0.2, -0.15) is 0 Å². The molecule has 4 heteroatoms. The Balaban J connectivity index is 2.23. The Kier molecular flexibility index (Phi) is 4.34. The predicted molar refractivity (Wildman–Crippen MR) is 72.7 cm³/mol. The van der Waals surface area contributed by atoms with Gasteiger partial charge in [0, 0.05) is 12.8 Å². The Labute approximate surface area is 111 Å². The van der Waals surface area contributed by atoms with Crippen LogP contribution in [0.15, 0.2) is 39.7 Å². The lowest BCUT2D eigenvalue weighted by atomic mass is 10.1. The SMILES string of the molecule is CCCc1ccc(-n2cc(CCC=O)oc2=O)cc1. The monoisotopic (exact) mass is 259 g/mol. The van der Waals surface area contributed by atoms with Gasteiger partial charge in [-0.15, -0.1) is 0 Å². The molecule has 100 valence electrons. The molecule has 1 aromatic heterocycles. The predicted octanol–water partition coefficient (Wildman–Crippen LogP) is 2.51. The van der Waals surface area contributed by atoms with Crippen molar-refractivity contribution in [2.45, 2.75) is 32.6 Å². The lowest BCUT2D eigenvalue weighted by Crippen LogP contribution is -2.10. The van der Waals surface area contributed by atoms with E-state index in [0.717, 1.165) is 24.8 Å². The van der Waals surface area contributed by atoms with E-state index < -0.39 is 5.76 Å². The van der Waals surface area contributed by atoms with Crippen molar-refractivity contribution in [1.82, 2.24) is 4.57 Å². The summed E-state index contributed by atoms with van der Waals surface area (Å²) in [6, 6.07) is 7.85. The molecular formula is C15H17NO3. The molecule has 0 aliphatic carbocycles. The van der Waals surface area contributed by atoms with Crippen molar-refractivity contribution in [2.75, 3.05) is 0 Å². The third-order valence-corrected chi connectivity index (χ3v) is 2.95. The van der Waals surface area contributed by atoms with Crippen molar-refractivity contribution in [1.29, 1.82) is 0 Å². The van der Waals surface area contributed by atoms with Crippen LogP contribution in [0.3, 0.4) is 0 Å². The van der Waals surface area contributed by atoms with Gasteiger partial charge in [0.25, 0.3) is 0 Å². The first-order valence-corrected chi connectivity index (χ1v) is 6.49. The van der Waals surface area contributed by atoms with E-state index in [-0.39, 0.29) is 0 Å². The first-order valence-electron chi connectivity index (χ1n) is 6.49. The Morgan fingerprint density at radius 1 is 1.21 bits per heavy atom. The van der Waals surface area contributed by atoms with Crippen molar-refractivity contribution in [2.24, 2.45) is 0 Å². The van der Waals surface area contributed by atoms with Crippen molar-refractivity contribution in [3.8, 4) is 5.69 Å². The van der Waals surface area contributed by atoms with Gasteiger partial charge in [0.15, 0.2) is 0 Å². The summed E-state index contributed by atoms with van der Waals surface area (Å²) in [6.07, 6.45) is 5.42. The van der Waals surface area contributed by atoms with Crippen LogP contribution in [0, 0.1) is 0 Å². The molecular weight excluding hydrogens is 242 g/mol. The number of hydrogen-bond acceptors (Lipinski definition) is 3. The molecule has 19 heavy (non-hydrogen) atoms. The molecule has 0 spiro atoms. The number of hydrogen-bond donors (Lipinski definition) is 0. The van der Waals surface area contributed by atoms with Crippen molar-refractivity contribution >= 4 is 6.29 Å². The van der Waals surface area contributed by atoms with E-state index >= 15 is 0 Å². The molecule has 0 saturated heterocycles. The molecule has 0 atom stereocenters. The maximum atomic E-state index is 11.7. The van der Waals surface area contributed by atoms with Gasteiger partial charge in [-0.1, -0.05) is 25.5 Å². The first-order chi connectivity index (χ1) is 9.24. The lowest BCUT2D eigenvalue weighted by molar-refractivity contribution is -0.107. The summed E-state index contributed by atoms with van der Waals surface area (Å²) >= 11 is 0. The molecule has 0 amide bonds. The summed E-state index contributed by atoms with van der Waals surface area (Å²) in [6.45, 7) is 2.13. The summed E-state index contributed by atoms with van der Waals surface area (Å²) in [4.78, 5) is 22.0. The molecule has 0 saturated carbocycles. The lowest BCUT2D eigenvalue weighted by Gasteiger charge is -2.02. The molecule has 0 aliphatic rings. The Morgan fingerprint density at radius 2 is 1.95 bits per heavy atom. The first kappa shape index (κ1) is 13.3. The second-order valence-electron chi connectivity index (χ2n) is 4.46. The average molecular weight is 259 g/mol. The fourth-order valence-electron chi connectivity index (χ4n) is 1.99.